The van der Waals surface area contributed by atoms with Crippen LogP contribution in [0.5, 0.6) is 0 Å². The molecule has 3 unspecified atom stereocenters. The summed E-state index contributed by atoms with van der Waals surface area (Å²) in [5.41, 5.74) is 2.86. The summed E-state index contributed by atoms with van der Waals surface area (Å²) < 4.78 is 5.42. The Bertz CT molecular complexity index is 692. The van der Waals surface area contributed by atoms with E-state index < -0.39 is 5.97 Å². The summed E-state index contributed by atoms with van der Waals surface area (Å²) in [7, 11) is 0. The van der Waals surface area contributed by atoms with Crippen molar-refractivity contribution in [2.45, 2.75) is 12.8 Å². The van der Waals surface area contributed by atoms with Crippen LogP contribution in [-0.4, -0.2) is 16.2 Å². The van der Waals surface area contributed by atoms with Crippen molar-refractivity contribution in [3.63, 3.8) is 0 Å². The maximum atomic E-state index is 11.1. The molecule has 1 aromatic carbocycles. The van der Waals surface area contributed by atoms with Crippen LogP contribution < -0.4 is 0 Å². The summed E-state index contributed by atoms with van der Waals surface area (Å²) in [4.78, 5) is 11.1. The first-order valence-electron chi connectivity index (χ1n) is 6.61. The second kappa shape index (κ2) is 4.09. The van der Waals surface area contributed by atoms with E-state index in [2.05, 4.69) is 5.16 Å². The molecule has 1 N–H and O–H groups in total. The minimum Gasteiger partial charge on any atom is -0.481 e. The molecule has 3 atom stereocenters. The molecule has 0 aliphatic heterocycles. The van der Waals surface area contributed by atoms with Gasteiger partial charge in [-0.2, -0.15) is 0 Å². The molecule has 5 heteroatoms. The number of aromatic nitrogens is 1. The van der Waals surface area contributed by atoms with Crippen LogP contribution in [0, 0.1) is 17.8 Å². The molecule has 1 saturated carbocycles. The van der Waals surface area contributed by atoms with Gasteiger partial charge in [0.2, 0.25) is 0 Å². The number of carboxylic acids is 1. The molecule has 2 aliphatic rings. The van der Waals surface area contributed by atoms with Gasteiger partial charge in [0.25, 0.3) is 0 Å². The smallest absolute Gasteiger partial charge is 0.307 e. The number of halogens is 1. The van der Waals surface area contributed by atoms with E-state index in [1.54, 1.807) is 0 Å². The van der Waals surface area contributed by atoms with Gasteiger partial charge in [-0.3, -0.25) is 4.79 Å². The molecule has 1 aromatic heterocycles. The fraction of sp³-hybridized carbons (Fsp3) is 0.333. The number of benzene rings is 1. The van der Waals surface area contributed by atoms with Gasteiger partial charge in [0.15, 0.2) is 0 Å². The van der Waals surface area contributed by atoms with Crippen LogP contribution in [-0.2, 0) is 17.6 Å². The molecule has 0 saturated heterocycles. The van der Waals surface area contributed by atoms with Crippen LogP contribution in [0.3, 0.4) is 0 Å². The SMILES string of the molecule is O=C(O)C1C2Cc3onc(-c4ccc(Cl)cc4)c3CC21. The molecule has 0 spiro atoms. The van der Waals surface area contributed by atoms with Gasteiger partial charge in [-0.25, -0.2) is 0 Å². The molecule has 2 aromatic rings. The summed E-state index contributed by atoms with van der Waals surface area (Å²) in [6, 6.07) is 7.46. The lowest BCUT2D eigenvalue weighted by Crippen LogP contribution is -2.03. The van der Waals surface area contributed by atoms with Crippen molar-refractivity contribution in [2.75, 3.05) is 0 Å². The lowest BCUT2D eigenvalue weighted by molar-refractivity contribution is -0.139. The van der Waals surface area contributed by atoms with Crippen LogP contribution >= 0.6 is 11.6 Å². The summed E-state index contributed by atoms with van der Waals surface area (Å²) in [6.45, 7) is 0. The monoisotopic (exact) mass is 289 g/mol. The zero-order valence-corrected chi connectivity index (χ0v) is 11.3. The third kappa shape index (κ3) is 1.68. The van der Waals surface area contributed by atoms with Gasteiger partial charge in [-0.15, -0.1) is 0 Å². The highest BCUT2D eigenvalue weighted by atomic mass is 35.5. The summed E-state index contributed by atoms with van der Waals surface area (Å²) >= 11 is 5.89. The maximum Gasteiger partial charge on any atom is 0.307 e. The summed E-state index contributed by atoms with van der Waals surface area (Å²) in [5.74, 6) is 0.415. The third-order valence-corrected chi connectivity index (χ3v) is 4.72. The second-order valence-electron chi connectivity index (χ2n) is 5.54. The Balaban J connectivity index is 1.69. The van der Waals surface area contributed by atoms with Gasteiger partial charge in [-0.1, -0.05) is 28.9 Å². The Kier molecular flexibility index (Phi) is 2.45. The van der Waals surface area contributed by atoms with E-state index in [-0.39, 0.29) is 17.8 Å². The van der Waals surface area contributed by atoms with E-state index in [0.29, 0.717) is 11.4 Å². The molecule has 0 radical (unpaired) electrons. The van der Waals surface area contributed by atoms with Gasteiger partial charge in [0, 0.05) is 22.6 Å². The number of hydrogen-bond acceptors (Lipinski definition) is 3. The number of nitrogens with zero attached hydrogens (tertiary/aromatic N) is 1. The van der Waals surface area contributed by atoms with Crippen molar-refractivity contribution in [2.24, 2.45) is 17.8 Å². The Labute approximate surface area is 120 Å². The standard InChI is InChI=1S/C15H12ClNO3/c16-8-3-1-7(2-4-8)14-11-5-9-10(13(9)15(18)19)6-12(11)20-17-14/h1-4,9-10,13H,5-6H2,(H,18,19). The molecule has 0 bridgehead atoms. The van der Waals surface area contributed by atoms with Crippen molar-refractivity contribution in [3.8, 4) is 11.3 Å². The van der Waals surface area contributed by atoms with Crippen molar-refractivity contribution in [3.05, 3.63) is 40.6 Å². The number of carboxylic acid groups (broad SMARTS) is 1. The zero-order valence-electron chi connectivity index (χ0n) is 10.5. The van der Waals surface area contributed by atoms with E-state index in [4.69, 9.17) is 21.2 Å². The van der Waals surface area contributed by atoms with Gasteiger partial charge in [0.1, 0.15) is 11.5 Å². The molecule has 1 fully saturated rings. The first kappa shape index (κ1) is 12.0. The summed E-state index contributed by atoms with van der Waals surface area (Å²) in [6.07, 6.45) is 1.44. The quantitative estimate of drug-likeness (QED) is 0.923. The van der Waals surface area contributed by atoms with Crippen molar-refractivity contribution < 1.29 is 14.4 Å². The molecule has 102 valence electrons. The average Bonchev–Trinajstić information content (AvgIpc) is 2.99. The minimum atomic E-state index is -0.689. The maximum absolute atomic E-state index is 11.1. The fourth-order valence-electron chi connectivity index (χ4n) is 3.37. The Hall–Kier alpha value is -1.81. The molecule has 0 amide bonds. The predicted molar refractivity (Wildman–Crippen MR) is 72.5 cm³/mol. The van der Waals surface area contributed by atoms with Crippen molar-refractivity contribution >= 4 is 17.6 Å². The van der Waals surface area contributed by atoms with E-state index in [1.165, 1.54) is 0 Å². The number of carbonyl (C=O) groups is 1. The van der Waals surface area contributed by atoms with E-state index in [9.17, 15) is 4.79 Å². The van der Waals surface area contributed by atoms with E-state index in [0.717, 1.165) is 29.0 Å². The highest BCUT2D eigenvalue weighted by Gasteiger charge is 2.58. The average molecular weight is 290 g/mol. The number of fused-ring (bicyclic) bond motifs is 2. The molecule has 4 nitrogen and oxygen atoms in total. The number of rotatable bonds is 2. The second-order valence-corrected chi connectivity index (χ2v) is 5.98. The highest BCUT2D eigenvalue weighted by Crippen LogP contribution is 2.55. The first-order valence-corrected chi connectivity index (χ1v) is 6.99. The lowest BCUT2D eigenvalue weighted by Gasteiger charge is -2.08. The lowest BCUT2D eigenvalue weighted by atomic mass is 9.94. The van der Waals surface area contributed by atoms with Gasteiger partial charge in [-0.05, 0) is 30.4 Å². The van der Waals surface area contributed by atoms with Gasteiger partial charge >= 0.3 is 5.97 Å². The molecular formula is C15H12ClNO3. The zero-order chi connectivity index (χ0) is 13.9. The molecule has 20 heavy (non-hydrogen) atoms. The van der Waals surface area contributed by atoms with Crippen LogP contribution in [0.15, 0.2) is 28.8 Å². The van der Waals surface area contributed by atoms with Crippen LogP contribution in [0.4, 0.5) is 0 Å². The van der Waals surface area contributed by atoms with Crippen LogP contribution in [0.25, 0.3) is 11.3 Å². The summed E-state index contributed by atoms with van der Waals surface area (Å²) in [5, 5.41) is 14.0. The largest absolute Gasteiger partial charge is 0.481 e. The normalized spacial score (nSPS) is 26.8. The Morgan fingerprint density at radius 2 is 1.95 bits per heavy atom. The number of hydrogen-bond donors (Lipinski definition) is 1. The van der Waals surface area contributed by atoms with Gasteiger partial charge in [0.05, 0.1) is 5.92 Å². The topological polar surface area (TPSA) is 63.3 Å². The Morgan fingerprint density at radius 1 is 1.25 bits per heavy atom. The van der Waals surface area contributed by atoms with E-state index >= 15 is 0 Å². The highest BCUT2D eigenvalue weighted by molar-refractivity contribution is 6.30. The first-order chi connectivity index (χ1) is 9.65. The molecule has 2 aliphatic carbocycles. The predicted octanol–water partition coefficient (Wildman–Crippen LogP) is 3.04. The molecule has 1 heterocycles. The van der Waals surface area contributed by atoms with E-state index in [1.807, 2.05) is 24.3 Å². The van der Waals surface area contributed by atoms with Crippen LogP contribution in [0.1, 0.15) is 11.3 Å². The molecular weight excluding hydrogens is 278 g/mol. The third-order valence-electron chi connectivity index (χ3n) is 4.46. The van der Waals surface area contributed by atoms with Crippen LogP contribution in [0.2, 0.25) is 5.02 Å². The minimum absolute atomic E-state index is 0.212. The fourth-order valence-corrected chi connectivity index (χ4v) is 3.49. The number of aliphatic carboxylic acids is 1. The molecule has 4 rings (SSSR count). The van der Waals surface area contributed by atoms with Gasteiger partial charge < -0.3 is 9.63 Å². The Morgan fingerprint density at radius 3 is 2.65 bits per heavy atom. The van der Waals surface area contributed by atoms with Crippen molar-refractivity contribution in [1.82, 2.24) is 5.16 Å². The van der Waals surface area contributed by atoms with Crippen molar-refractivity contribution in [1.29, 1.82) is 0 Å².